The molecule has 3 rings (SSSR count). The van der Waals surface area contributed by atoms with Crippen LogP contribution in [0.15, 0.2) is 53.4 Å². The van der Waals surface area contributed by atoms with Crippen molar-refractivity contribution in [2.45, 2.75) is 30.8 Å². The lowest BCUT2D eigenvalue weighted by Gasteiger charge is -2.30. The number of halogens is 1. The fraction of sp³-hybridized carbons (Fsp3) is 0.318. The van der Waals surface area contributed by atoms with Crippen LogP contribution in [0.5, 0.6) is 0 Å². The largest absolute Gasteiger partial charge is 0.452 e. The zero-order valence-electron chi connectivity index (χ0n) is 17.3. The summed E-state index contributed by atoms with van der Waals surface area (Å²) in [6.07, 6.45) is -0.417. The molecule has 0 aromatic heterocycles. The van der Waals surface area contributed by atoms with E-state index in [2.05, 4.69) is 5.32 Å². The zero-order valence-corrected chi connectivity index (χ0v) is 18.9. The Balaban J connectivity index is 1.51. The SMILES string of the molecule is C[C@@H](OC(=O)C1CCN(S(=O)(=O)c2ccc(Cl)cc2)CC1)C(=O)Nc1ccc(C#N)cc1. The number of sulfonamides is 1. The molecule has 1 aliphatic heterocycles. The van der Waals surface area contributed by atoms with E-state index in [9.17, 15) is 18.0 Å². The van der Waals surface area contributed by atoms with Crippen LogP contribution < -0.4 is 5.32 Å². The van der Waals surface area contributed by atoms with Crippen LogP contribution in [0.25, 0.3) is 0 Å². The Labute approximate surface area is 191 Å². The molecule has 1 heterocycles. The molecule has 32 heavy (non-hydrogen) atoms. The van der Waals surface area contributed by atoms with E-state index >= 15 is 0 Å². The number of hydrogen-bond donors (Lipinski definition) is 1. The molecule has 1 atom stereocenters. The fourth-order valence-electron chi connectivity index (χ4n) is 3.28. The number of piperidine rings is 1. The monoisotopic (exact) mass is 475 g/mol. The minimum atomic E-state index is -3.67. The fourth-order valence-corrected chi connectivity index (χ4v) is 4.88. The van der Waals surface area contributed by atoms with Gasteiger partial charge in [-0.15, -0.1) is 0 Å². The van der Waals surface area contributed by atoms with Crippen molar-refractivity contribution in [1.82, 2.24) is 4.31 Å². The molecule has 1 saturated heterocycles. The number of carbonyl (C=O) groups is 2. The van der Waals surface area contributed by atoms with Gasteiger partial charge in [0.05, 0.1) is 22.4 Å². The van der Waals surface area contributed by atoms with Crippen LogP contribution in [0.4, 0.5) is 5.69 Å². The molecule has 1 fully saturated rings. The van der Waals surface area contributed by atoms with E-state index in [-0.39, 0.29) is 18.0 Å². The van der Waals surface area contributed by atoms with Crippen LogP contribution in [0.3, 0.4) is 0 Å². The molecule has 0 unspecified atom stereocenters. The summed E-state index contributed by atoms with van der Waals surface area (Å²) in [4.78, 5) is 24.9. The Morgan fingerprint density at radius 3 is 2.28 bits per heavy atom. The highest BCUT2D eigenvalue weighted by Crippen LogP contribution is 2.26. The van der Waals surface area contributed by atoms with Gasteiger partial charge in [-0.1, -0.05) is 11.6 Å². The summed E-state index contributed by atoms with van der Waals surface area (Å²) in [5.41, 5.74) is 0.949. The Hall–Kier alpha value is -2.93. The number of carbonyl (C=O) groups excluding carboxylic acids is 2. The lowest BCUT2D eigenvalue weighted by atomic mass is 9.98. The Bertz CT molecular complexity index is 1120. The highest BCUT2D eigenvalue weighted by molar-refractivity contribution is 7.89. The molecule has 0 aliphatic carbocycles. The average molecular weight is 476 g/mol. The van der Waals surface area contributed by atoms with Crippen molar-refractivity contribution in [3.63, 3.8) is 0 Å². The number of nitrogens with zero attached hydrogens (tertiary/aromatic N) is 2. The molecule has 1 N–H and O–H groups in total. The van der Waals surface area contributed by atoms with Gasteiger partial charge in [-0.25, -0.2) is 8.42 Å². The highest BCUT2D eigenvalue weighted by Gasteiger charge is 2.34. The summed E-state index contributed by atoms with van der Waals surface area (Å²) in [7, 11) is -3.67. The number of anilines is 1. The number of esters is 1. The van der Waals surface area contributed by atoms with Gasteiger partial charge in [0.15, 0.2) is 6.10 Å². The molecule has 1 aliphatic rings. The van der Waals surface area contributed by atoms with Crippen LogP contribution in [-0.2, 0) is 24.3 Å². The second-order valence-electron chi connectivity index (χ2n) is 7.39. The second-order valence-corrected chi connectivity index (χ2v) is 9.76. The molecule has 0 spiro atoms. The van der Waals surface area contributed by atoms with Crippen LogP contribution >= 0.6 is 11.6 Å². The van der Waals surface area contributed by atoms with Crippen LogP contribution in [0.1, 0.15) is 25.3 Å². The highest BCUT2D eigenvalue weighted by atomic mass is 35.5. The number of benzene rings is 2. The first-order valence-corrected chi connectivity index (χ1v) is 11.8. The van der Waals surface area contributed by atoms with Crippen molar-refractivity contribution in [3.8, 4) is 6.07 Å². The molecular weight excluding hydrogens is 454 g/mol. The molecule has 2 aromatic carbocycles. The van der Waals surface area contributed by atoms with Gasteiger partial charge in [-0.2, -0.15) is 9.57 Å². The van der Waals surface area contributed by atoms with Crippen molar-refractivity contribution in [2.75, 3.05) is 18.4 Å². The van der Waals surface area contributed by atoms with E-state index in [1.807, 2.05) is 6.07 Å². The van der Waals surface area contributed by atoms with Gasteiger partial charge in [0.25, 0.3) is 5.91 Å². The first kappa shape index (κ1) is 23.7. The number of ether oxygens (including phenoxy) is 1. The van der Waals surface area contributed by atoms with Crippen LogP contribution in [0.2, 0.25) is 5.02 Å². The van der Waals surface area contributed by atoms with E-state index in [1.54, 1.807) is 24.3 Å². The van der Waals surface area contributed by atoms with Gasteiger partial charge < -0.3 is 10.1 Å². The number of amides is 1. The first-order chi connectivity index (χ1) is 15.2. The topological polar surface area (TPSA) is 117 Å². The van der Waals surface area contributed by atoms with Gasteiger partial charge >= 0.3 is 5.97 Å². The molecule has 2 aromatic rings. The summed E-state index contributed by atoms with van der Waals surface area (Å²) in [6.45, 7) is 1.82. The Kier molecular flexibility index (Phi) is 7.51. The van der Waals surface area contributed by atoms with E-state index in [0.717, 1.165) is 0 Å². The molecule has 1 amide bonds. The number of hydrogen-bond acceptors (Lipinski definition) is 6. The van der Waals surface area contributed by atoms with Gasteiger partial charge in [-0.05, 0) is 68.3 Å². The predicted molar refractivity (Wildman–Crippen MR) is 118 cm³/mol. The third-order valence-corrected chi connectivity index (χ3v) is 7.35. The summed E-state index contributed by atoms with van der Waals surface area (Å²) in [5, 5.41) is 11.9. The van der Waals surface area contributed by atoms with E-state index in [0.29, 0.717) is 29.1 Å². The number of rotatable bonds is 6. The number of nitrogens with one attached hydrogen (secondary N) is 1. The molecular formula is C22H22ClN3O5S. The van der Waals surface area contributed by atoms with Gasteiger partial charge in [0, 0.05) is 23.8 Å². The minimum absolute atomic E-state index is 0.149. The van der Waals surface area contributed by atoms with Crippen LogP contribution in [-0.4, -0.2) is 43.8 Å². The molecule has 0 bridgehead atoms. The Morgan fingerprint density at radius 1 is 1.12 bits per heavy atom. The van der Waals surface area contributed by atoms with Crippen molar-refractivity contribution >= 4 is 39.2 Å². The van der Waals surface area contributed by atoms with Crippen molar-refractivity contribution in [3.05, 3.63) is 59.1 Å². The predicted octanol–water partition coefficient (Wildman–Crippen LogP) is 3.18. The van der Waals surface area contributed by atoms with Gasteiger partial charge in [0.1, 0.15) is 0 Å². The summed E-state index contributed by atoms with van der Waals surface area (Å²) in [6, 6.07) is 14.2. The summed E-state index contributed by atoms with van der Waals surface area (Å²) >= 11 is 5.82. The lowest BCUT2D eigenvalue weighted by Crippen LogP contribution is -2.41. The second kappa shape index (κ2) is 10.1. The third-order valence-electron chi connectivity index (χ3n) is 5.18. The number of nitriles is 1. The van der Waals surface area contributed by atoms with Crippen LogP contribution in [0, 0.1) is 17.2 Å². The quantitative estimate of drug-likeness (QED) is 0.641. The standard InChI is InChI=1S/C22H22ClN3O5S/c1-15(21(27)25-19-6-2-16(14-24)3-7-19)31-22(28)17-10-12-26(13-11-17)32(29,30)20-8-4-18(23)5-9-20/h2-9,15,17H,10-13H2,1H3,(H,25,27)/t15-/m1/s1. The maximum atomic E-state index is 12.8. The van der Waals surface area contributed by atoms with E-state index < -0.39 is 33.9 Å². The molecule has 0 radical (unpaired) electrons. The minimum Gasteiger partial charge on any atom is -0.452 e. The smallest absolute Gasteiger partial charge is 0.309 e. The molecule has 8 nitrogen and oxygen atoms in total. The molecule has 0 saturated carbocycles. The van der Waals surface area contributed by atoms with Crippen molar-refractivity contribution < 1.29 is 22.7 Å². The van der Waals surface area contributed by atoms with E-state index in [1.165, 1.54) is 35.5 Å². The maximum absolute atomic E-state index is 12.8. The molecule has 168 valence electrons. The van der Waals surface area contributed by atoms with Gasteiger partial charge in [-0.3, -0.25) is 9.59 Å². The summed E-state index contributed by atoms with van der Waals surface area (Å²) in [5.74, 6) is -1.52. The molecule has 10 heteroatoms. The Morgan fingerprint density at radius 2 is 1.72 bits per heavy atom. The maximum Gasteiger partial charge on any atom is 0.309 e. The normalized spacial score (nSPS) is 16.0. The average Bonchev–Trinajstić information content (AvgIpc) is 2.79. The van der Waals surface area contributed by atoms with E-state index in [4.69, 9.17) is 21.6 Å². The van der Waals surface area contributed by atoms with Gasteiger partial charge in [0.2, 0.25) is 10.0 Å². The third kappa shape index (κ3) is 5.65. The van der Waals surface area contributed by atoms with Crippen molar-refractivity contribution in [1.29, 1.82) is 5.26 Å². The zero-order chi connectivity index (χ0) is 23.3. The van der Waals surface area contributed by atoms with Crippen molar-refractivity contribution in [2.24, 2.45) is 5.92 Å². The summed E-state index contributed by atoms with van der Waals surface area (Å²) < 4.78 is 32.1. The lowest BCUT2D eigenvalue weighted by molar-refractivity contribution is -0.158. The first-order valence-electron chi connectivity index (χ1n) is 9.98.